The van der Waals surface area contributed by atoms with E-state index in [-0.39, 0.29) is 24.4 Å². The third kappa shape index (κ3) is 3.43. The first-order valence-electron chi connectivity index (χ1n) is 6.94. The van der Waals surface area contributed by atoms with E-state index in [9.17, 15) is 4.79 Å². The van der Waals surface area contributed by atoms with Crippen LogP contribution in [0.2, 0.25) is 5.02 Å². The molecule has 5 nitrogen and oxygen atoms in total. The van der Waals surface area contributed by atoms with Crippen molar-refractivity contribution in [3.63, 3.8) is 0 Å². The lowest BCUT2D eigenvalue weighted by molar-refractivity contribution is 0.0737. The Labute approximate surface area is 140 Å². The summed E-state index contributed by atoms with van der Waals surface area (Å²) in [4.78, 5) is 14.2. The largest absolute Gasteiger partial charge is 0.336 e. The van der Waals surface area contributed by atoms with Gasteiger partial charge in [-0.15, -0.1) is 12.4 Å². The molecule has 1 aromatic heterocycles. The Balaban J connectivity index is 0.00000176. The van der Waals surface area contributed by atoms with Crippen molar-refractivity contribution in [3.8, 4) is 5.69 Å². The molecule has 1 aromatic carbocycles. The maximum absolute atomic E-state index is 12.4. The van der Waals surface area contributed by atoms with Crippen LogP contribution in [-0.4, -0.2) is 46.8 Å². The lowest BCUT2D eigenvalue weighted by atomic mass is 10.2. The fourth-order valence-electron chi connectivity index (χ4n) is 2.52. The van der Waals surface area contributed by atoms with E-state index >= 15 is 0 Å². The van der Waals surface area contributed by atoms with Crippen LogP contribution >= 0.6 is 24.0 Å². The smallest absolute Gasteiger partial charge is 0.274 e. The second-order valence-electron chi connectivity index (χ2n) is 5.19. The van der Waals surface area contributed by atoms with Gasteiger partial charge >= 0.3 is 0 Å². The van der Waals surface area contributed by atoms with Gasteiger partial charge in [-0.05, 0) is 37.2 Å². The molecule has 1 aliphatic heterocycles. The van der Waals surface area contributed by atoms with E-state index < -0.39 is 0 Å². The average Bonchev–Trinajstić information content (AvgIpc) is 3.17. The van der Waals surface area contributed by atoms with E-state index in [1.165, 1.54) is 0 Å². The highest BCUT2D eigenvalue weighted by Gasteiger charge is 2.25. The van der Waals surface area contributed by atoms with Crippen molar-refractivity contribution in [2.24, 2.45) is 0 Å². The van der Waals surface area contributed by atoms with E-state index in [0.29, 0.717) is 10.7 Å². The molecule has 1 N–H and O–H groups in total. The van der Waals surface area contributed by atoms with Crippen molar-refractivity contribution in [2.75, 3.05) is 20.1 Å². The maximum atomic E-state index is 12.4. The molecule has 3 rings (SSSR count). The van der Waals surface area contributed by atoms with Crippen molar-refractivity contribution in [2.45, 2.75) is 12.5 Å². The summed E-state index contributed by atoms with van der Waals surface area (Å²) in [5, 5.41) is 8.27. The quantitative estimate of drug-likeness (QED) is 0.933. The third-order valence-corrected chi connectivity index (χ3v) is 4.02. The molecule has 22 heavy (non-hydrogen) atoms. The van der Waals surface area contributed by atoms with Gasteiger partial charge in [-0.25, -0.2) is 4.68 Å². The van der Waals surface area contributed by atoms with Crippen molar-refractivity contribution in [3.05, 3.63) is 47.2 Å². The second-order valence-corrected chi connectivity index (χ2v) is 5.62. The molecule has 118 valence electrons. The molecule has 1 saturated heterocycles. The predicted molar refractivity (Wildman–Crippen MR) is 89.2 cm³/mol. The van der Waals surface area contributed by atoms with Crippen LogP contribution in [0.15, 0.2) is 36.5 Å². The first-order chi connectivity index (χ1) is 10.1. The van der Waals surface area contributed by atoms with Crippen LogP contribution in [0.5, 0.6) is 0 Å². The van der Waals surface area contributed by atoms with E-state index in [1.807, 2.05) is 31.3 Å². The van der Waals surface area contributed by atoms with Gasteiger partial charge in [-0.1, -0.05) is 17.7 Å². The molecule has 1 atom stereocenters. The van der Waals surface area contributed by atoms with Crippen LogP contribution < -0.4 is 5.32 Å². The minimum absolute atomic E-state index is 0. The molecule has 0 radical (unpaired) electrons. The van der Waals surface area contributed by atoms with E-state index in [0.717, 1.165) is 25.2 Å². The van der Waals surface area contributed by atoms with Gasteiger partial charge in [0.15, 0.2) is 5.69 Å². The van der Waals surface area contributed by atoms with Crippen LogP contribution in [0, 0.1) is 0 Å². The van der Waals surface area contributed by atoms with Crippen LogP contribution in [-0.2, 0) is 0 Å². The number of rotatable bonds is 3. The van der Waals surface area contributed by atoms with Gasteiger partial charge in [0.05, 0.1) is 5.69 Å². The number of nitrogens with one attached hydrogen (secondary N) is 1. The average molecular weight is 341 g/mol. The fraction of sp³-hybridized carbons (Fsp3) is 0.333. The summed E-state index contributed by atoms with van der Waals surface area (Å²) in [5.41, 5.74) is 1.29. The zero-order valence-electron chi connectivity index (χ0n) is 12.2. The summed E-state index contributed by atoms with van der Waals surface area (Å²) < 4.78 is 1.67. The lowest BCUT2D eigenvalue weighted by Crippen LogP contribution is -2.38. The van der Waals surface area contributed by atoms with Crippen LogP contribution in [0.25, 0.3) is 5.69 Å². The molecule has 7 heteroatoms. The summed E-state index contributed by atoms with van der Waals surface area (Å²) in [6, 6.07) is 9.36. The summed E-state index contributed by atoms with van der Waals surface area (Å²) >= 11 is 5.98. The normalized spacial score (nSPS) is 17.1. The number of halogens is 2. The number of amides is 1. The maximum Gasteiger partial charge on any atom is 0.274 e. The monoisotopic (exact) mass is 340 g/mol. The standard InChI is InChI=1S/C15H17ClN4O.ClH/c1-19(13-5-7-17-10-13)15(21)14-6-8-20(18-14)12-4-2-3-11(16)9-12;/h2-4,6,8-9,13,17H,5,7,10H2,1H3;1H. The first kappa shape index (κ1) is 16.8. The van der Waals surface area contributed by atoms with Crippen molar-refractivity contribution < 1.29 is 4.79 Å². The Morgan fingerprint density at radius 1 is 1.45 bits per heavy atom. The Kier molecular flexibility index (Phi) is 5.45. The van der Waals surface area contributed by atoms with Gasteiger partial charge in [0, 0.05) is 30.9 Å². The molecule has 0 spiro atoms. The van der Waals surface area contributed by atoms with Crippen molar-refractivity contribution >= 4 is 29.9 Å². The van der Waals surface area contributed by atoms with Gasteiger partial charge < -0.3 is 10.2 Å². The van der Waals surface area contributed by atoms with Crippen molar-refractivity contribution in [1.29, 1.82) is 0 Å². The highest BCUT2D eigenvalue weighted by Crippen LogP contribution is 2.15. The summed E-state index contributed by atoms with van der Waals surface area (Å²) in [7, 11) is 1.83. The van der Waals surface area contributed by atoms with Gasteiger partial charge in [0.25, 0.3) is 5.91 Å². The lowest BCUT2D eigenvalue weighted by Gasteiger charge is -2.22. The fourth-order valence-corrected chi connectivity index (χ4v) is 2.70. The molecule has 1 unspecified atom stereocenters. The topological polar surface area (TPSA) is 50.2 Å². The zero-order valence-corrected chi connectivity index (χ0v) is 13.8. The summed E-state index contributed by atoms with van der Waals surface area (Å²) in [5.74, 6) is -0.0514. The highest BCUT2D eigenvalue weighted by molar-refractivity contribution is 6.30. The van der Waals surface area contributed by atoms with Gasteiger partial charge in [0.2, 0.25) is 0 Å². The number of carbonyl (C=O) groups excluding carboxylic acids is 1. The minimum Gasteiger partial charge on any atom is -0.336 e. The molecule has 2 aromatic rings. The number of nitrogens with zero attached hydrogens (tertiary/aromatic N) is 3. The highest BCUT2D eigenvalue weighted by atomic mass is 35.5. The van der Waals surface area contributed by atoms with Crippen molar-refractivity contribution in [1.82, 2.24) is 20.0 Å². The molecule has 2 heterocycles. The zero-order chi connectivity index (χ0) is 14.8. The van der Waals surface area contributed by atoms with Crippen LogP contribution in [0.3, 0.4) is 0 Å². The van der Waals surface area contributed by atoms with E-state index in [1.54, 1.807) is 21.8 Å². The number of likely N-dealkylation sites (N-methyl/N-ethyl adjacent to an activating group) is 1. The molecule has 1 amide bonds. The summed E-state index contributed by atoms with van der Waals surface area (Å²) in [6.45, 7) is 1.80. The number of aromatic nitrogens is 2. The number of hydrogen-bond donors (Lipinski definition) is 1. The molecule has 1 fully saturated rings. The van der Waals surface area contributed by atoms with E-state index in [2.05, 4.69) is 10.4 Å². The SMILES string of the molecule is CN(C(=O)c1ccn(-c2cccc(Cl)c2)n1)C1CCNC1.Cl. The molecular weight excluding hydrogens is 323 g/mol. The molecule has 0 bridgehead atoms. The molecule has 0 aliphatic carbocycles. The third-order valence-electron chi connectivity index (χ3n) is 3.78. The first-order valence-corrected chi connectivity index (χ1v) is 7.32. The number of benzene rings is 1. The molecular formula is C15H18Cl2N4O. The van der Waals surface area contributed by atoms with E-state index in [4.69, 9.17) is 11.6 Å². The van der Waals surface area contributed by atoms with Gasteiger partial charge in [0.1, 0.15) is 0 Å². The Morgan fingerprint density at radius 2 is 2.27 bits per heavy atom. The Morgan fingerprint density at radius 3 is 2.95 bits per heavy atom. The molecule has 1 aliphatic rings. The second kappa shape index (κ2) is 7.13. The predicted octanol–water partition coefficient (Wildman–Crippen LogP) is 2.38. The van der Waals surface area contributed by atoms with Gasteiger partial charge in [-0.2, -0.15) is 5.10 Å². The number of carbonyl (C=O) groups is 1. The van der Waals surface area contributed by atoms with Gasteiger partial charge in [-0.3, -0.25) is 4.79 Å². The molecule has 0 saturated carbocycles. The Hall–Kier alpha value is -1.56. The van der Waals surface area contributed by atoms with Crippen LogP contribution in [0.1, 0.15) is 16.9 Å². The summed E-state index contributed by atoms with van der Waals surface area (Å²) in [6.07, 6.45) is 2.76. The number of hydrogen-bond acceptors (Lipinski definition) is 3. The minimum atomic E-state index is -0.0514. The Bertz CT molecular complexity index is 652. The van der Waals surface area contributed by atoms with Crippen LogP contribution in [0.4, 0.5) is 0 Å².